The van der Waals surface area contributed by atoms with Crippen molar-refractivity contribution in [2.45, 2.75) is 6.18 Å². The molecule has 158 valence electrons. The van der Waals surface area contributed by atoms with Crippen molar-refractivity contribution in [3.63, 3.8) is 0 Å². The Morgan fingerprint density at radius 3 is 2.55 bits per heavy atom. The van der Waals surface area contributed by atoms with Crippen LogP contribution in [-0.4, -0.2) is 33.0 Å². The first-order valence-corrected chi connectivity index (χ1v) is 9.81. The summed E-state index contributed by atoms with van der Waals surface area (Å²) >= 11 is 9.37. The molecule has 0 bridgehead atoms. The van der Waals surface area contributed by atoms with Gasteiger partial charge in [0.2, 0.25) is 0 Å². The van der Waals surface area contributed by atoms with Crippen LogP contribution in [0.1, 0.15) is 15.9 Å². The van der Waals surface area contributed by atoms with Gasteiger partial charge in [0.25, 0.3) is 0 Å². The molecule has 31 heavy (non-hydrogen) atoms. The summed E-state index contributed by atoms with van der Waals surface area (Å²) in [6.07, 6.45) is -1.63. The maximum Gasteiger partial charge on any atom is 0.416 e. The summed E-state index contributed by atoms with van der Waals surface area (Å²) in [5.41, 5.74) is 1.43. The summed E-state index contributed by atoms with van der Waals surface area (Å²) in [6.45, 7) is 0. The summed E-state index contributed by atoms with van der Waals surface area (Å²) in [7, 11) is 1.26. The molecule has 1 aromatic carbocycles. The van der Waals surface area contributed by atoms with E-state index in [0.717, 1.165) is 12.1 Å². The van der Waals surface area contributed by atoms with E-state index in [0.29, 0.717) is 28.3 Å². The second kappa shape index (κ2) is 7.93. The standard InChI is InChI=1S/C20H11BrClF3N4O2/c1-31-19(30)10-4-13(22)16(27-8-10)9-2-3-14(26-7-9)18-28-15-6-11(20(23,24)25)5-12(21)17(15)29-18/h2-8H,1H3,(H,28,29). The third-order valence-corrected chi connectivity index (χ3v) is 5.30. The van der Waals surface area contributed by atoms with E-state index in [4.69, 9.17) is 11.6 Å². The lowest BCUT2D eigenvalue weighted by atomic mass is 10.1. The van der Waals surface area contributed by atoms with Crippen LogP contribution in [0.3, 0.4) is 0 Å². The van der Waals surface area contributed by atoms with Gasteiger partial charge in [-0.3, -0.25) is 9.97 Å². The van der Waals surface area contributed by atoms with Gasteiger partial charge in [-0.25, -0.2) is 9.78 Å². The van der Waals surface area contributed by atoms with Crippen molar-refractivity contribution in [2.24, 2.45) is 0 Å². The van der Waals surface area contributed by atoms with Crippen LogP contribution in [-0.2, 0) is 10.9 Å². The van der Waals surface area contributed by atoms with E-state index in [-0.39, 0.29) is 20.6 Å². The minimum atomic E-state index is -4.47. The largest absolute Gasteiger partial charge is 0.465 e. The molecule has 0 radical (unpaired) electrons. The number of aromatic amines is 1. The van der Waals surface area contributed by atoms with Crippen molar-refractivity contribution in [1.82, 2.24) is 19.9 Å². The number of nitrogens with one attached hydrogen (secondary N) is 1. The number of hydrogen-bond donors (Lipinski definition) is 1. The highest BCUT2D eigenvalue weighted by atomic mass is 79.9. The maximum absolute atomic E-state index is 13.0. The Kier molecular flexibility index (Phi) is 5.44. The minimum absolute atomic E-state index is 0.215. The predicted molar refractivity (Wildman–Crippen MR) is 112 cm³/mol. The molecular weight excluding hydrogens is 501 g/mol. The third-order valence-electron chi connectivity index (χ3n) is 4.41. The van der Waals surface area contributed by atoms with Crippen molar-refractivity contribution >= 4 is 44.5 Å². The van der Waals surface area contributed by atoms with E-state index in [2.05, 4.69) is 40.6 Å². The van der Waals surface area contributed by atoms with Gasteiger partial charge in [0.15, 0.2) is 5.82 Å². The molecule has 0 fully saturated rings. The van der Waals surface area contributed by atoms with Crippen molar-refractivity contribution in [2.75, 3.05) is 7.11 Å². The first-order valence-electron chi connectivity index (χ1n) is 8.64. The summed E-state index contributed by atoms with van der Waals surface area (Å²) in [4.78, 5) is 27.3. The molecule has 0 amide bonds. The second-order valence-corrected chi connectivity index (χ2v) is 7.68. The number of rotatable bonds is 3. The number of benzene rings is 1. The first-order chi connectivity index (χ1) is 14.7. The summed E-state index contributed by atoms with van der Waals surface area (Å²) in [6, 6.07) is 6.75. The smallest absolute Gasteiger partial charge is 0.416 e. The molecule has 0 unspecified atom stereocenters. The van der Waals surface area contributed by atoms with Crippen LogP contribution in [0.25, 0.3) is 33.8 Å². The Hall–Kier alpha value is -2.98. The molecule has 0 saturated heterocycles. The number of esters is 1. The van der Waals surface area contributed by atoms with Crippen LogP contribution >= 0.6 is 27.5 Å². The normalized spacial score (nSPS) is 11.7. The number of ether oxygens (including phenoxy) is 1. The number of carbonyl (C=O) groups excluding carboxylic acids is 1. The Morgan fingerprint density at radius 1 is 1.16 bits per heavy atom. The van der Waals surface area contributed by atoms with Gasteiger partial charge in [-0.15, -0.1) is 0 Å². The van der Waals surface area contributed by atoms with Crippen LogP contribution in [0.4, 0.5) is 13.2 Å². The number of imidazole rings is 1. The van der Waals surface area contributed by atoms with E-state index in [1.54, 1.807) is 12.1 Å². The monoisotopic (exact) mass is 510 g/mol. The highest BCUT2D eigenvalue weighted by Crippen LogP contribution is 2.35. The lowest BCUT2D eigenvalue weighted by molar-refractivity contribution is -0.137. The molecular formula is C20H11BrClF3N4O2. The van der Waals surface area contributed by atoms with Gasteiger partial charge >= 0.3 is 12.1 Å². The molecule has 0 aliphatic carbocycles. The number of halogens is 5. The fourth-order valence-electron chi connectivity index (χ4n) is 2.91. The van der Waals surface area contributed by atoms with Crippen molar-refractivity contribution in [3.05, 3.63) is 63.3 Å². The van der Waals surface area contributed by atoms with Crippen LogP contribution in [0.15, 0.2) is 47.2 Å². The highest BCUT2D eigenvalue weighted by Gasteiger charge is 2.31. The number of nitrogens with zero attached hydrogens (tertiary/aromatic N) is 3. The number of alkyl halides is 3. The molecule has 3 heterocycles. The van der Waals surface area contributed by atoms with Crippen LogP contribution < -0.4 is 0 Å². The van der Waals surface area contributed by atoms with Gasteiger partial charge in [-0.1, -0.05) is 11.6 Å². The molecule has 11 heteroatoms. The second-order valence-electron chi connectivity index (χ2n) is 6.42. The third kappa shape index (κ3) is 4.13. The van der Waals surface area contributed by atoms with E-state index in [1.807, 2.05) is 0 Å². The topological polar surface area (TPSA) is 80.8 Å². The Labute approximate surface area is 186 Å². The number of pyridine rings is 2. The minimum Gasteiger partial charge on any atom is -0.465 e. The zero-order valence-corrected chi connectivity index (χ0v) is 17.9. The van der Waals surface area contributed by atoms with E-state index in [9.17, 15) is 18.0 Å². The lowest BCUT2D eigenvalue weighted by Gasteiger charge is -2.06. The molecule has 1 N–H and O–H groups in total. The summed E-state index contributed by atoms with van der Waals surface area (Å²) in [5.74, 6) is -0.249. The van der Waals surface area contributed by atoms with Crippen LogP contribution in [0.2, 0.25) is 5.02 Å². The average molecular weight is 512 g/mol. The number of hydrogen-bond acceptors (Lipinski definition) is 5. The van der Waals surface area contributed by atoms with Crippen molar-refractivity contribution in [1.29, 1.82) is 0 Å². The summed E-state index contributed by atoms with van der Waals surface area (Å²) in [5, 5.41) is 0.241. The number of fused-ring (bicyclic) bond motifs is 1. The fourth-order valence-corrected chi connectivity index (χ4v) is 3.74. The quantitative estimate of drug-likeness (QED) is 0.346. The molecule has 0 aliphatic rings. The van der Waals surface area contributed by atoms with Gasteiger partial charge < -0.3 is 9.72 Å². The van der Waals surface area contributed by atoms with Gasteiger partial charge in [0.1, 0.15) is 11.2 Å². The van der Waals surface area contributed by atoms with E-state index in [1.165, 1.54) is 25.6 Å². The van der Waals surface area contributed by atoms with Gasteiger partial charge in [0.05, 0.1) is 34.5 Å². The van der Waals surface area contributed by atoms with Crippen LogP contribution in [0.5, 0.6) is 0 Å². The zero-order chi connectivity index (χ0) is 22.3. The zero-order valence-electron chi connectivity index (χ0n) is 15.6. The van der Waals surface area contributed by atoms with Gasteiger partial charge in [-0.05, 0) is 46.3 Å². The number of H-pyrrole nitrogens is 1. The fraction of sp³-hybridized carbons (Fsp3) is 0.100. The molecule has 0 spiro atoms. The van der Waals surface area contributed by atoms with E-state index < -0.39 is 17.7 Å². The number of methoxy groups -OCH3 is 1. The van der Waals surface area contributed by atoms with Gasteiger partial charge in [0, 0.05) is 22.4 Å². The molecule has 0 aliphatic heterocycles. The Morgan fingerprint density at radius 2 is 1.94 bits per heavy atom. The lowest BCUT2D eigenvalue weighted by Crippen LogP contribution is -2.04. The molecule has 6 nitrogen and oxygen atoms in total. The van der Waals surface area contributed by atoms with Crippen molar-refractivity contribution in [3.8, 4) is 22.8 Å². The molecule has 4 aromatic rings. The molecule has 0 atom stereocenters. The first kappa shape index (κ1) is 21.3. The SMILES string of the molecule is COC(=O)c1cnc(-c2ccc(-c3nc4c(Br)cc(C(F)(F)F)cc4[nH]3)nc2)c(Cl)c1. The van der Waals surface area contributed by atoms with Gasteiger partial charge in [-0.2, -0.15) is 13.2 Å². The Bertz CT molecular complexity index is 1310. The molecule has 3 aromatic heterocycles. The molecule has 0 saturated carbocycles. The van der Waals surface area contributed by atoms with Crippen molar-refractivity contribution < 1.29 is 22.7 Å². The maximum atomic E-state index is 13.0. The molecule has 4 rings (SSSR count). The van der Waals surface area contributed by atoms with Crippen LogP contribution in [0, 0.1) is 0 Å². The summed E-state index contributed by atoms with van der Waals surface area (Å²) < 4.78 is 44.0. The Balaban J connectivity index is 1.68. The number of carbonyl (C=O) groups is 1. The van der Waals surface area contributed by atoms with E-state index >= 15 is 0 Å². The number of aromatic nitrogens is 4. The highest BCUT2D eigenvalue weighted by molar-refractivity contribution is 9.10. The predicted octanol–water partition coefficient (Wildman–Crippen LogP) is 5.91. The average Bonchev–Trinajstić information content (AvgIpc) is 3.17.